The molecule has 0 bridgehead atoms. The molecule has 5 nitrogen and oxygen atoms in total. The van der Waals surface area contributed by atoms with Crippen LogP contribution in [-0.4, -0.2) is 49.7 Å². The molecule has 1 saturated heterocycles. The van der Waals surface area contributed by atoms with Gasteiger partial charge in [-0.3, -0.25) is 9.79 Å². The van der Waals surface area contributed by atoms with Gasteiger partial charge in [-0.15, -0.1) is 0 Å². The standard InChI is InChI=1S/C9H17N3O2S/c1-7-6-15-9(12-7)11-5-8(13)10-3-4-14-2/h7H,3-6H2,1-2H3,(H,10,13)(H,11,12). The van der Waals surface area contributed by atoms with Crippen molar-refractivity contribution in [2.24, 2.45) is 4.99 Å². The Hall–Kier alpha value is -0.750. The highest BCUT2D eigenvalue weighted by Crippen LogP contribution is 2.12. The minimum absolute atomic E-state index is 0.0681. The predicted molar refractivity (Wildman–Crippen MR) is 62.2 cm³/mol. The molecule has 86 valence electrons. The second kappa shape index (κ2) is 6.68. The van der Waals surface area contributed by atoms with Crippen LogP contribution in [0.1, 0.15) is 6.92 Å². The number of rotatable bonds is 5. The maximum absolute atomic E-state index is 11.2. The number of hydrogen-bond donors (Lipinski definition) is 2. The Balaban J connectivity index is 2.15. The fourth-order valence-electron chi connectivity index (χ4n) is 1.08. The first-order valence-corrected chi connectivity index (χ1v) is 5.90. The number of ether oxygens (including phenoxy) is 1. The van der Waals surface area contributed by atoms with Gasteiger partial charge in [-0.05, 0) is 6.92 Å². The fourth-order valence-corrected chi connectivity index (χ4v) is 2.01. The number of amides is 1. The first-order valence-electron chi connectivity index (χ1n) is 4.92. The summed E-state index contributed by atoms with van der Waals surface area (Å²) in [5.74, 6) is 0.950. The third-order valence-corrected chi connectivity index (χ3v) is 3.02. The number of methoxy groups -OCH3 is 1. The molecule has 0 saturated carbocycles. The zero-order chi connectivity index (χ0) is 11.1. The summed E-state index contributed by atoms with van der Waals surface area (Å²) in [5.41, 5.74) is 0. The van der Waals surface area contributed by atoms with Gasteiger partial charge in [0.15, 0.2) is 5.17 Å². The molecular formula is C9H17N3O2S. The van der Waals surface area contributed by atoms with Gasteiger partial charge in [0.05, 0.1) is 6.61 Å². The van der Waals surface area contributed by atoms with Crippen molar-refractivity contribution < 1.29 is 9.53 Å². The van der Waals surface area contributed by atoms with Gasteiger partial charge in [0.25, 0.3) is 0 Å². The van der Waals surface area contributed by atoms with Crippen LogP contribution in [0.15, 0.2) is 4.99 Å². The molecular weight excluding hydrogens is 214 g/mol. The number of carbonyl (C=O) groups excluding carboxylic acids is 1. The molecule has 2 N–H and O–H groups in total. The minimum atomic E-state index is -0.0681. The molecule has 0 radical (unpaired) electrons. The van der Waals surface area contributed by atoms with Gasteiger partial charge in [-0.1, -0.05) is 11.8 Å². The highest BCUT2D eigenvalue weighted by Gasteiger charge is 2.15. The smallest absolute Gasteiger partial charge is 0.241 e. The highest BCUT2D eigenvalue weighted by molar-refractivity contribution is 8.14. The molecule has 1 amide bonds. The molecule has 1 unspecified atom stereocenters. The van der Waals surface area contributed by atoms with E-state index in [1.165, 1.54) is 0 Å². The van der Waals surface area contributed by atoms with Crippen LogP contribution in [0.4, 0.5) is 0 Å². The van der Waals surface area contributed by atoms with Crippen molar-refractivity contribution in [2.45, 2.75) is 13.0 Å². The molecule has 1 heterocycles. The summed E-state index contributed by atoms with van der Waals surface area (Å²) in [4.78, 5) is 15.4. The van der Waals surface area contributed by atoms with Crippen molar-refractivity contribution in [3.8, 4) is 0 Å². The van der Waals surface area contributed by atoms with Crippen molar-refractivity contribution in [3.63, 3.8) is 0 Å². The normalized spacial score (nSPS) is 22.8. The number of hydrogen-bond acceptors (Lipinski definition) is 4. The number of nitrogens with one attached hydrogen (secondary N) is 2. The van der Waals surface area contributed by atoms with Gasteiger partial charge in [-0.25, -0.2) is 0 Å². The molecule has 0 aromatic rings. The van der Waals surface area contributed by atoms with Crippen molar-refractivity contribution in [3.05, 3.63) is 0 Å². The molecule has 0 aromatic heterocycles. The summed E-state index contributed by atoms with van der Waals surface area (Å²) in [6, 6.07) is 0.449. The van der Waals surface area contributed by atoms with Crippen LogP contribution in [0.3, 0.4) is 0 Å². The molecule has 0 aromatic carbocycles. The van der Waals surface area contributed by atoms with Crippen LogP contribution in [0.25, 0.3) is 0 Å². The molecule has 0 spiro atoms. The van der Waals surface area contributed by atoms with E-state index in [9.17, 15) is 4.79 Å². The topological polar surface area (TPSA) is 62.7 Å². The van der Waals surface area contributed by atoms with E-state index in [1.54, 1.807) is 18.9 Å². The first-order chi connectivity index (χ1) is 7.22. The molecule has 1 aliphatic heterocycles. The van der Waals surface area contributed by atoms with Crippen molar-refractivity contribution in [1.29, 1.82) is 0 Å². The zero-order valence-corrected chi connectivity index (χ0v) is 9.89. The third kappa shape index (κ3) is 5.03. The molecule has 1 atom stereocenters. The number of aliphatic imine (C=N–C) groups is 1. The van der Waals surface area contributed by atoms with E-state index in [-0.39, 0.29) is 12.5 Å². The third-order valence-electron chi connectivity index (χ3n) is 1.83. The largest absolute Gasteiger partial charge is 0.383 e. The SMILES string of the molecule is COCCNC(=O)CN=C1NC(C)CS1. The van der Waals surface area contributed by atoms with Crippen molar-refractivity contribution in [2.75, 3.05) is 32.6 Å². The molecule has 1 fully saturated rings. The van der Waals surface area contributed by atoms with Gasteiger partial charge in [0, 0.05) is 25.4 Å². The summed E-state index contributed by atoms with van der Waals surface area (Å²) in [5, 5.41) is 6.76. The monoisotopic (exact) mass is 231 g/mol. The Morgan fingerprint density at radius 1 is 1.80 bits per heavy atom. The maximum Gasteiger partial charge on any atom is 0.241 e. The highest BCUT2D eigenvalue weighted by atomic mass is 32.2. The predicted octanol–water partition coefficient (Wildman–Crippen LogP) is -0.170. The second-order valence-corrected chi connectivity index (χ2v) is 4.33. The lowest BCUT2D eigenvalue weighted by atomic mass is 10.4. The Bertz CT molecular complexity index is 246. The van der Waals surface area contributed by atoms with E-state index in [4.69, 9.17) is 4.74 Å². The lowest BCUT2D eigenvalue weighted by Gasteiger charge is -2.03. The Morgan fingerprint density at radius 3 is 3.20 bits per heavy atom. The van der Waals surface area contributed by atoms with E-state index < -0.39 is 0 Å². The quantitative estimate of drug-likeness (QED) is 0.645. The minimum Gasteiger partial charge on any atom is -0.383 e. The number of nitrogens with zero attached hydrogens (tertiary/aromatic N) is 1. The summed E-state index contributed by atoms with van der Waals surface area (Å²) in [6.45, 7) is 3.35. The Kier molecular flexibility index (Phi) is 5.49. The van der Waals surface area contributed by atoms with E-state index in [1.807, 2.05) is 0 Å². The summed E-state index contributed by atoms with van der Waals surface area (Å²) < 4.78 is 4.82. The van der Waals surface area contributed by atoms with Gasteiger partial charge < -0.3 is 15.4 Å². The lowest BCUT2D eigenvalue weighted by Crippen LogP contribution is -2.30. The van der Waals surface area contributed by atoms with E-state index >= 15 is 0 Å². The number of carbonyl (C=O) groups is 1. The van der Waals surface area contributed by atoms with Crippen molar-refractivity contribution in [1.82, 2.24) is 10.6 Å². The number of thioether (sulfide) groups is 1. The van der Waals surface area contributed by atoms with Gasteiger partial charge in [-0.2, -0.15) is 0 Å². The van der Waals surface area contributed by atoms with Gasteiger partial charge in [0.1, 0.15) is 6.54 Å². The maximum atomic E-state index is 11.2. The van der Waals surface area contributed by atoms with Gasteiger partial charge in [0.2, 0.25) is 5.91 Å². The average Bonchev–Trinajstić information content (AvgIpc) is 2.62. The Morgan fingerprint density at radius 2 is 2.60 bits per heavy atom. The first kappa shape index (κ1) is 12.3. The molecule has 6 heteroatoms. The van der Waals surface area contributed by atoms with Crippen LogP contribution in [0, 0.1) is 0 Å². The van der Waals surface area contributed by atoms with Crippen LogP contribution in [-0.2, 0) is 9.53 Å². The van der Waals surface area contributed by atoms with Crippen LogP contribution in [0.5, 0.6) is 0 Å². The molecule has 1 rings (SSSR count). The van der Waals surface area contributed by atoms with E-state index in [0.717, 1.165) is 10.9 Å². The summed E-state index contributed by atoms with van der Waals surface area (Å²) >= 11 is 1.65. The van der Waals surface area contributed by atoms with Crippen LogP contribution in [0.2, 0.25) is 0 Å². The molecule has 1 aliphatic rings. The van der Waals surface area contributed by atoms with Gasteiger partial charge >= 0.3 is 0 Å². The fraction of sp³-hybridized carbons (Fsp3) is 0.778. The van der Waals surface area contributed by atoms with Crippen LogP contribution >= 0.6 is 11.8 Å². The summed E-state index contributed by atoms with van der Waals surface area (Å²) in [7, 11) is 1.60. The molecule has 15 heavy (non-hydrogen) atoms. The van der Waals surface area contributed by atoms with E-state index in [2.05, 4.69) is 22.5 Å². The summed E-state index contributed by atoms with van der Waals surface area (Å²) in [6.07, 6.45) is 0. The van der Waals surface area contributed by atoms with Crippen LogP contribution < -0.4 is 10.6 Å². The van der Waals surface area contributed by atoms with Crippen molar-refractivity contribution >= 4 is 22.8 Å². The lowest BCUT2D eigenvalue weighted by molar-refractivity contribution is -0.119. The molecule has 0 aliphatic carbocycles. The second-order valence-electron chi connectivity index (χ2n) is 3.32. The number of amidine groups is 1. The average molecular weight is 231 g/mol. The zero-order valence-electron chi connectivity index (χ0n) is 9.08. The van der Waals surface area contributed by atoms with E-state index in [0.29, 0.717) is 19.2 Å². The Labute approximate surface area is 94.0 Å².